The summed E-state index contributed by atoms with van der Waals surface area (Å²) in [4.78, 5) is 1.91. The third kappa shape index (κ3) is 3.88. The lowest BCUT2D eigenvalue weighted by molar-refractivity contribution is 0.502. The molecular weight excluding hydrogens is 112 g/mol. The van der Waals surface area contributed by atoms with Crippen LogP contribution in [0.5, 0.6) is 0 Å². The molecule has 2 nitrogen and oxygen atoms in total. The molecule has 0 saturated heterocycles. The van der Waals surface area contributed by atoms with Crippen LogP contribution in [0.25, 0.3) is 0 Å². The van der Waals surface area contributed by atoms with Crippen LogP contribution >= 0.6 is 0 Å². The van der Waals surface area contributed by atoms with Crippen LogP contribution in [0.2, 0.25) is 0 Å². The summed E-state index contributed by atoms with van der Waals surface area (Å²) in [7, 11) is 3.89. The Morgan fingerprint density at radius 2 is 2.11 bits per heavy atom. The maximum atomic E-state index is 5.59. The number of hydrogen-bond donors (Lipinski definition) is 1. The first kappa shape index (κ1) is 8.34. The molecule has 0 atom stereocenters. The Bertz CT molecular complexity index is 95.1. The van der Waals surface area contributed by atoms with Gasteiger partial charge in [-0.05, 0) is 12.5 Å². The first-order chi connectivity index (χ1) is 4.18. The highest BCUT2D eigenvalue weighted by Crippen LogP contribution is 1.93. The van der Waals surface area contributed by atoms with E-state index in [2.05, 4.69) is 6.92 Å². The number of nitrogens with two attached hydrogens (primary N) is 1. The third-order valence-corrected chi connectivity index (χ3v) is 1.16. The van der Waals surface area contributed by atoms with E-state index in [0.29, 0.717) is 0 Å². The van der Waals surface area contributed by atoms with Crippen LogP contribution in [0.3, 0.4) is 0 Å². The summed E-state index contributed by atoms with van der Waals surface area (Å²) >= 11 is 0. The normalized spacial score (nSPS) is 11.7. The summed E-state index contributed by atoms with van der Waals surface area (Å²) in [5.74, 6) is 0.858. The van der Waals surface area contributed by atoms with Crippen molar-refractivity contribution in [1.29, 1.82) is 0 Å². The van der Waals surface area contributed by atoms with Crippen molar-refractivity contribution in [3.05, 3.63) is 11.9 Å². The topological polar surface area (TPSA) is 29.3 Å². The van der Waals surface area contributed by atoms with Crippen molar-refractivity contribution in [3.63, 3.8) is 0 Å². The van der Waals surface area contributed by atoms with Gasteiger partial charge in [-0.1, -0.05) is 13.3 Å². The molecule has 0 rings (SSSR count). The molecule has 0 bridgehead atoms. The smallest absolute Gasteiger partial charge is 0.0939 e. The van der Waals surface area contributed by atoms with Gasteiger partial charge in [0.1, 0.15) is 0 Å². The average molecular weight is 128 g/mol. The molecule has 2 N–H and O–H groups in total. The van der Waals surface area contributed by atoms with E-state index >= 15 is 0 Å². The maximum absolute atomic E-state index is 5.59. The zero-order chi connectivity index (χ0) is 7.28. The molecule has 2 heteroatoms. The predicted molar refractivity (Wildman–Crippen MR) is 40.9 cm³/mol. The van der Waals surface area contributed by atoms with Gasteiger partial charge in [-0.25, -0.2) is 0 Å². The van der Waals surface area contributed by atoms with Gasteiger partial charge in [0, 0.05) is 14.1 Å². The fourth-order valence-electron chi connectivity index (χ4n) is 0.475. The summed E-state index contributed by atoms with van der Waals surface area (Å²) in [6.07, 6.45) is 4.28. The van der Waals surface area contributed by atoms with Crippen LogP contribution in [0.4, 0.5) is 0 Å². The molecule has 0 aromatic heterocycles. The third-order valence-electron chi connectivity index (χ3n) is 1.16. The number of allylic oxidation sites excluding steroid dienone is 1. The Hall–Kier alpha value is -0.660. The molecule has 0 unspecified atom stereocenters. The Kier molecular flexibility index (Phi) is 3.93. The fourth-order valence-corrected chi connectivity index (χ4v) is 0.475. The molecule has 9 heavy (non-hydrogen) atoms. The minimum Gasteiger partial charge on any atom is -0.386 e. The lowest BCUT2D eigenvalue weighted by Crippen LogP contribution is -2.18. The molecular formula is C7H16N2. The first-order valence-electron chi connectivity index (χ1n) is 3.31. The van der Waals surface area contributed by atoms with Gasteiger partial charge in [-0.2, -0.15) is 0 Å². The van der Waals surface area contributed by atoms with Crippen molar-refractivity contribution in [3.8, 4) is 0 Å². The number of unbranched alkanes of at least 4 members (excludes halogenated alkanes) is 1. The van der Waals surface area contributed by atoms with E-state index in [1.807, 2.05) is 25.1 Å². The van der Waals surface area contributed by atoms with Crippen molar-refractivity contribution in [1.82, 2.24) is 4.90 Å². The Balaban J connectivity index is 3.55. The summed E-state index contributed by atoms with van der Waals surface area (Å²) in [5.41, 5.74) is 5.59. The number of rotatable bonds is 3. The second-order valence-electron chi connectivity index (χ2n) is 2.31. The van der Waals surface area contributed by atoms with E-state index in [1.165, 1.54) is 0 Å². The molecule has 0 spiro atoms. The first-order valence-corrected chi connectivity index (χ1v) is 3.31. The lowest BCUT2D eigenvalue weighted by atomic mass is 10.3. The van der Waals surface area contributed by atoms with Crippen LogP contribution in [0.1, 0.15) is 19.8 Å². The van der Waals surface area contributed by atoms with Crippen molar-refractivity contribution >= 4 is 0 Å². The van der Waals surface area contributed by atoms with Gasteiger partial charge in [0.15, 0.2) is 0 Å². The monoisotopic (exact) mass is 128 g/mol. The quantitative estimate of drug-likeness (QED) is 0.617. The summed E-state index contributed by atoms with van der Waals surface area (Å²) in [6.45, 7) is 2.14. The summed E-state index contributed by atoms with van der Waals surface area (Å²) < 4.78 is 0. The zero-order valence-electron chi connectivity index (χ0n) is 6.52. The summed E-state index contributed by atoms with van der Waals surface area (Å²) in [5, 5.41) is 0. The van der Waals surface area contributed by atoms with E-state index in [1.54, 1.807) is 0 Å². The van der Waals surface area contributed by atoms with E-state index < -0.39 is 0 Å². The maximum Gasteiger partial charge on any atom is 0.0939 e. The van der Waals surface area contributed by atoms with E-state index in [0.717, 1.165) is 18.7 Å². The van der Waals surface area contributed by atoms with Crippen LogP contribution in [0.15, 0.2) is 11.9 Å². The van der Waals surface area contributed by atoms with Crippen LogP contribution < -0.4 is 5.73 Å². The molecule has 54 valence electrons. The van der Waals surface area contributed by atoms with Crippen molar-refractivity contribution < 1.29 is 0 Å². The highest BCUT2D eigenvalue weighted by atomic mass is 15.1. The molecule has 0 aliphatic heterocycles. The minimum atomic E-state index is 0.858. The van der Waals surface area contributed by atoms with Crippen molar-refractivity contribution in [2.24, 2.45) is 5.73 Å². The fraction of sp³-hybridized carbons (Fsp3) is 0.714. The average Bonchev–Trinajstić information content (AvgIpc) is 1.82. The molecule has 0 radical (unpaired) electrons. The van der Waals surface area contributed by atoms with Crippen LogP contribution in [-0.4, -0.2) is 19.0 Å². The van der Waals surface area contributed by atoms with Gasteiger partial charge < -0.3 is 10.6 Å². The molecule has 0 saturated carbocycles. The SMILES string of the molecule is CCC/C=C(/N)N(C)C. The second kappa shape index (κ2) is 4.24. The second-order valence-corrected chi connectivity index (χ2v) is 2.31. The van der Waals surface area contributed by atoms with E-state index in [-0.39, 0.29) is 0 Å². The zero-order valence-corrected chi connectivity index (χ0v) is 6.52. The Morgan fingerprint density at radius 3 is 2.44 bits per heavy atom. The van der Waals surface area contributed by atoms with E-state index in [9.17, 15) is 0 Å². The Morgan fingerprint density at radius 1 is 1.56 bits per heavy atom. The molecule has 0 aliphatic carbocycles. The number of hydrogen-bond acceptors (Lipinski definition) is 2. The van der Waals surface area contributed by atoms with E-state index in [4.69, 9.17) is 5.73 Å². The van der Waals surface area contributed by atoms with Gasteiger partial charge in [0.2, 0.25) is 0 Å². The molecule has 0 aromatic rings. The highest BCUT2D eigenvalue weighted by molar-refractivity contribution is 4.92. The summed E-state index contributed by atoms with van der Waals surface area (Å²) in [6, 6.07) is 0. The van der Waals surface area contributed by atoms with Gasteiger partial charge in [0.25, 0.3) is 0 Å². The van der Waals surface area contributed by atoms with Crippen LogP contribution in [-0.2, 0) is 0 Å². The van der Waals surface area contributed by atoms with Crippen molar-refractivity contribution in [2.75, 3.05) is 14.1 Å². The van der Waals surface area contributed by atoms with Gasteiger partial charge in [0.05, 0.1) is 5.82 Å². The number of nitrogens with zero attached hydrogens (tertiary/aromatic N) is 1. The largest absolute Gasteiger partial charge is 0.386 e. The predicted octanol–water partition coefficient (Wildman–Crippen LogP) is 1.15. The molecule has 0 aromatic carbocycles. The van der Waals surface area contributed by atoms with Crippen molar-refractivity contribution in [2.45, 2.75) is 19.8 Å². The molecule has 0 fully saturated rings. The van der Waals surface area contributed by atoms with Gasteiger partial charge >= 0.3 is 0 Å². The molecule has 0 amide bonds. The molecule has 0 heterocycles. The van der Waals surface area contributed by atoms with Crippen LogP contribution in [0, 0.1) is 0 Å². The minimum absolute atomic E-state index is 0.858. The van der Waals surface area contributed by atoms with Gasteiger partial charge in [-0.15, -0.1) is 0 Å². The van der Waals surface area contributed by atoms with Gasteiger partial charge in [-0.3, -0.25) is 0 Å². The molecule has 0 aliphatic rings. The highest BCUT2D eigenvalue weighted by Gasteiger charge is 1.87. The lowest BCUT2D eigenvalue weighted by Gasteiger charge is -2.11. The Labute approximate surface area is 57.3 Å². The standard InChI is InChI=1S/C7H16N2/c1-4-5-6-7(8)9(2)3/h6H,4-5,8H2,1-3H3/b7-6-.